The van der Waals surface area contributed by atoms with Crippen molar-refractivity contribution >= 4 is 40.9 Å². The van der Waals surface area contributed by atoms with E-state index in [9.17, 15) is 22.6 Å². The van der Waals surface area contributed by atoms with Crippen molar-refractivity contribution in [3.05, 3.63) is 29.3 Å². The van der Waals surface area contributed by atoms with E-state index < -0.39 is 27.0 Å². The second kappa shape index (κ2) is 11.8. The molecule has 0 heterocycles. The van der Waals surface area contributed by atoms with Crippen molar-refractivity contribution in [2.24, 2.45) is 23.7 Å². The number of benzene rings is 1. The Hall–Kier alpha value is -1.33. The van der Waals surface area contributed by atoms with Crippen LogP contribution in [0.15, 0.2) is 23.1 Å². The average molecular weight is 422 g/mol. The van der Waals surface area contributed by atoms with Gasteiger partial charge in [-0.25, -0.2) is 9.59 Å². The van der Waals surface area contributed by atoms with Gasteiger partial charge >= 0.3 is 30.8 Å². The normalized spacial score (nSPS) is 13.6. The fourth-order valence-corrected chi connectivity index (χ4v) is 2.70. The molecule has 160 valence electrons. The van der Waals surface area contributed by atoms with E-state index in [1.807, 2.05) is 41.5 Å². The Morgan fingerprint density at radius 1 is 0.897 bits per heavy atom. The molecule has 0 saturated carbocycles. The van der Waals surface area contributed by atoms with Gasteiger partial charge in [-0.2, -0.15) is 8.42 Å². The topological polar surface area (TPSA) is 107 Å². The molecule has 0 aliphatic rings. The molecule has 0 fully saturated rings. The number of rotatable bonds is 9. The summed E-state index contributed by atoms with van der Waals surface area (Å²) in [4.78, 5) is 23.8. The van der Waals surface area contributed by atoms with Crippen molar-refractivity contribution in [3.8, 4) is 0 Å². The molecule has 0 aliphatic carbocycles. The zero-order valence-electron chi connectivity index (χ0n) is 17.3. The van der Waals surface area contributed by atoms with E-state index in [1.165, 1.54) is 6.07 Å². The van der Waals surface area contributed by atoms with Crippen LogP contribution < -0.4 is 0 Å². The molecule has 0 amide bonds. The summed E-state index contributed by atoms with van der Waals surface area (Å²) in [6.07, 6.45) is 0. The Kier molecular flexibility index (Phi) is 11.2. The van der Waals surface area contributed by atoms with Crippen molar-refractivity contribution < 1.29 is 32.0 Å². The van der Waals surface area contributed by atoms with Gasteiger partial charge < -0.3 is 9.47 Å². The van der Waals surface area contributed by atoms with E-state index in [-0.39, 0.29) is 61.0 Å². The number of esters is 2. The van der Waals surface area contributed by atoms with Crippen molar-refractivity contribution in [2.45, 2.75) is 46.4 Å². The van der Waals surface area contributed by atoms with Crippen LogP contribution in [0.25, 0.3) is 0 Å². The molecular formula is C20H31LiO7S. The molecule has 0 radical (unpaired) electrons. The molecule has 1 N–H and O–H groups in total. The van der Waals surface area contributed by atoms with Gasteiger partial charge in [-0.15, -0.1) is 0 Å². The van der Waals surface area contributed by atoms with Gasteiger partial charge in [-0.1, -0.05) is 41.5 Å². The summed E-state index contributed by atoms with van der Waals surface area (Å²) in [6, 6.07) is 3.35. The van der Waals surface area contributed by atoms with E-state index in [1.54, 1.807) is 0 Å². The summed E-state index contributed by atoms with van der Waals surface area (Å²) in [7, 11) is -4.74. The maximum atomic E-state index is 12.3. The summed E-state index contributed by atoms with van der Waals surface area (Å²) in [5, 5.41) is 0. The van der Waals surface area contributed by atoms with Gasteiger partial charge in [0.15, 0.2) is 0 Å². The van der Waals surface area contributed by atoms with Crippen LogP contribution in [-0.4, -0.2) is 57.0 Å². The molecule has 29 heavy (non-hydrogen) atoms. The Bertz CT molecular complexity index is 803. The first-order valence-electron chi connectivity index (χ1n) is 9.30. The van der Waals surface area contributed by atoms with Crippen LogP contribution >= 0.6 is 0 Å². The van der Waals surface area contributed by atoms with Gasteiger partial charge in [-0.3, -0.25) is 4.55 Å². The molecule has 9 heteroatoms. The molecule has 2 unspecified atom stereocenters. The molecule has 7 nitrogen and oxygen atoms in total. The monoisotopic (exact) mass is 422 g/mol. The molecule has 0 aromatic heterocycles. The average Bonchev–Trinajstić information content (AvgIpc) is 2.61. The standard InChI is InChI=1S/C20H30O7S.Li.H/c1-12(2)14(5)10-26-19(21)16-7-8-17(18(9-16)28(23,24)25)20(22)27-11-15(6)13(3)4;;/h7-9,12-15H,10-11H2,1-6H3,(H,23,24,25);;. The summed E-state index contributed by atoms with van der Waals surface area (Å²) in [6.45, 7) is 12.1. The Balaban J connectivity index is 0.00000784. The van der Waals surface area contributed by atoms with Gasteiger partial charge in [-0.05, 0) is 41.9 Å². The van der Waals surface area contributed by atoms with Crippen molar-refractivity contribution in [2.75, 3.05) is 13.2 Å². The number of hydrogen-bond acceptors (Lipinski definition) is 6. The van der Waals surface area contributed by atoms with Crippen molar-refractivity contribution in [1.82, 2.24) is 0 Å². The van der Waals surface area contributed by atoms with Crippen LogP contribution in [0.3, 0.4) is 0 Å². The van der Waals surface area contributed by atoms with Gasteiger partial charge in [0, 0.05) is 0 Å². The van der Waals surface area contributed by atoms with E-state index in [4.69, 9.17) is 9.47 Å². The quantitative estimate of drug-likeness (QED) is 0.370. The first kappa shape index (κ1) is 27.7. The van der Waals surface area contributed by atoms with Gasteiger partial charge in [0.05, 0.1) is 24.3 Å². The van der Waals surface area contributed by atoms with Gasteiger partial charge in [0.25, 0.3) is 10.1 Å². The van der Waals surface area contributed by atoms with Crippen molar-refractivity contribution in [3.63, 3.8) is 0 Å². The van der Waals surface area contributed by atoms with E-state index in [0.29, 0.717) is 5.92 Å². The van der Waals surface area contributed by atoms with Crippen LogP contribution in [0.4, 0.5) is 0 Å². The molecule has 1 aromatic rings. The molecule has 0 bridgehead atoms. The van der Waals surface area contributed by atoms with E-state index in [2.05, 4.69) is 0 Å². The van der Waals surface area contributed by atoms with Crippen LogP contribution in [0, 0.1) is 23.7 Å². The fraction of sp³-hybridized carbons (Fsp3) is 0.600. The number of ether oxygens (including phenoxy) is 2. The molecule has 2 atom stereocenters. The first-order chi connectivity index (χ1) is 12.8. The molecule has 1 rings (SSSR count). The summed E-state index contributed by atoms with van der Waals surface area (Å²) in [5.74, 6) is -0.817. The van der Waals surface area contributed by atoms with Crippen LogP contribution in [0.2, 0.25) is 0 Å². The fourth-order valence-electron chi connectivity index (χ4n) is 1.99. The number of carbonyl (C=O) groups excluding carboxylic acids is 2. The van der Waals surface area contributed by atoms with E-state index >= 15 is 0 Å². The minimum absolute atomic E-state index is 0. The molecule has 1 aromatic carbocycles. The van der Waals surface area contributed by atoms with Crippen LogP contribution in [0.1, 0.15) is 62.3 Å². The van der Waals surface area contributed by atoms with Gasteiger partial charge in [0.1, 0.15) is 4.90 Å². The number of carbonyl (C=O) groups is 2. The minimum atomic E-state index is -4.74. The molecule has 0 saturated heterocycles. The van der Waals surface area contributed by atoms with Gasteiger partial charge in [0.2, 0.25) is 0 Å². The zero-order valence-corrected chi connectivity index (χ0v) is 18.1. The summed E-state index contributed by atoms with van der Waals surface area (Å²) in [5.41, 5.74) is -0.402. The summed E-state index contributed by atoms with van der Waals surface area (Å²) >= 11 is 0. The molecule has 0 spiro atoms. The predicted octanol–water partition coefficient (Wildman–Crippen LogP) is 3.18. The molecule has 0 aliphatic heterocycles. The third-order valence-electron chi connectivity index (χ3n) is 4.95. The third-order valence-corrected chi connectivity index (χ3v) is 5.84. The third kappa shape index (κ3) is 8.51. The van der Waals surface area contributed by atoms with Crippen LogP contribution in [-0.2, 0) is 19.6 Å². The second-order valence-electron chi connectivity index (χ2n) is 7.83. The van der Waals surface area contributed by atoms with Crippen molar-refractivity contribution in [1.29, 1.82) is 0 Å². The zero-order chi connectivity index (χ0) is 21.6. The molecular weight excluding hydrogens is 391 g/mol. The Labute approximate surface area is 185 Å². The second-order valence-corrected chi connectivity index (χ2v) is 9.22. The summed E-state index contributed by atoms with van der Waals surface area (Å²) < 4.78 is 43.3. The predicted molar refractivity (Wildman–Crippen MR) is 112 cm³/mol. The van der Waals surface area contributed by atoms with Crippen LogP contribution in [0.5, 0.6) is 0 Å². The Morgan fingerprint density at radius 2 is 1.34 bits per heavy atom. The first-order valence-corrected chi connectivity index (χ1v) is 10.7. The maximum absolute atomic E-state index is 12.3. The Morgan fingerprint density at radius 3 is 1.76 bits per heavy atom. The SMILES string of the molecule is CC(C)C(C)COC(=O)c1ccc(C(=O)OCC(C)C(C)C)c(S(=O)(=O)O)c1.[LiH]. The number of hydrogen-bond donors (Lipinski definition) is 1. The van der Waals surface area contributed by atoms with E-state index in [0.717, 1.165) is 12.1 Å².